The van der Waals surface area contributed by atoms with Gasteiger partial charge in [-0.15, -0.1) is 0 Å². The standard InChI is InChI=1S/C9H18O2/c1-7(2)9(4-5-10)8(3)6-11/h7,10-11H,4-6H2,1-3H3/b9-8+. The SMILES string of the molecule is C/C(CO)=C(/CCO)C(C)C. The second-order valence-corrected chi connectivity index (χ2v) is 3.09. The van der Waals surface area contributed by atoms with Crippen molar-refractivity contribution in [2.75, 3.05) is 13.2 Å². The summed E-state index contributed by atoms with van der Waals surface area (Å²) in [6, 6.07) is 0. The number of hydrogen-bond donors (Lipinski definition) is 2. The van der Waals surface area contributed by atoms with Gasteiger partial charge in [-0.05, 0) is 24.8 Å². The van der Waals surface area contributed by atoms with Crippen molar-refractivity contribution in [3.05, 3.63) is 11.1 Å². The molecule has 0 aromatic rings. The Bertz CT molecular complexity index is 136. The third-order valence-electron chi connectivity index (χ3n) is 1.86. The summed E-state index contributed by atoms with van der Waals surface area (Å²) in [6.07, 6.45) is 0.685. The van der Waals surface area contributed by atoms with Crippen LogP contribution >= 0.6 is 0 Å². The molecule has 11 heavy (non-hydrogen) atoms. The van der Waals surface area contributed by atoms with Gasteiger partial charge in [-0.3, -0.25) is 0 Å². The molecule has 0 radical (unpaired) electrons. The zero-order valence-electron chi connectivity index (χ0n) is 7.59. The first kappa shape index (κ1) is 10.7. The second kappa shape index (κ2) is 5.33. The Labute approximate surface area is 68.6 Å². The van der Waals surface area contributed by atoms with Gasteiger partial charge < -0.3 is 10.2 Å². The van der Waals surface area contributed by atoms with E-state index in [1.54, 1.807) is 0 Å². The molecule has 0 spiro atoms. The monoisotopic (exact) mass is 158 g/mol. The van der Waals surface area contributed by atoms with E-state index in [0.29, 0.717) is 12.3 Å². The summed E-state index contributed by atoms with van der Waals surface area (Å²) in [5.74, 6) is 0.425. The molecule has 0 aromatic carbocycles. The van der Waals surface area contributed by atoms with Crippen molar-refractivity contribution in [2.24, 2.45) is 5.92 Å². The fourth-order valence-corrected chi connectivity index (χ4v) is 1.22. The number of aliphatic hydroxyl groups excluding tert-OH is 2. The van der Waals surface area contributed by atoms with E-state index < -0.39 is 0 Å². The van der Waals surface area contributed by atoms with Crippen LogP contribution in [0, 0.1) is 5.92 Å². The molecule has 0 aromatic heterocycles. The number of hydrogen-bond acceptors (Lipinski definition) is 2. The topological polar surface area (TPSA) is 40.5 Å². The van der Waals surface area contributed by atoms with Gasteiger partial charge in [-0.2, -0.15) is 0 Å². The lowest BCUT2D eigenvalue weighted by Crippen LogP contribution is -2.02. The minimum absolute atomic E-state index is 0.105. The van der Waals surface area contributed by atoms with Crippen LogP contribution in [0.5, 0.6) is 0 Å². The van der Waals surface area contributed by atoms with Gasteiger partial charge in [0.2, 0.25) is 0 Å². The van der Waals surface area contributed by atoms with Crippen molar-refractivity contribution in [3.8, 4) is 0 Å². The maximum absolute atomic E-state index is 8.84. The van der Waals surface area contributed by atoms with Crippen LogP contribution in [0.4, 0.5) is 0 Å². The van der Waals surface area contributed by atoms with Crippen LogP contribution in [0.25, 0.3) is 0 Å². The highest BCUT2D eigenvalue weighted by Crippen LogP contribution is 2.17. The summed E-state index contributed by atoms with van der Waals surface area (Å²) < 4.78 is 0. The Kier molecular flexibility index (Phi) is 5.16. The normalized spacial score (nSPS) is 13.6. The van der Waals surface area contributed by atoms with Gasteiger partial charge in [0, 0.05) is 6.61 Å². The highest BCUT2D eigenvalue weighted by atomic mass is 16.3. The van der Waals surface area contributed by atoms with Gasteiger partial charge in [0.15, 0.2) is 0 Å². The van der Waals surface area contributed by atoms with Crippen LogP contribution in [0.3, 0.4) is 0 Å². The Morgan fingerprint density at radius 2 is 1.82 bits per heavy atom. The highest BCUT2D eigenvalue weighted by molar-refractivity contribution is 5.14. The predicted molar refractivity (Wildman–Crippen MR) is 46.3 cm³/mol. The third kappa shape index (κ3) is 3.54. The van der Waals surface area contributed by atoms with Crippen LogP contribution in [-0.2, 0) is 0 Å². The zero-order chi connectivity index (χ0) is 8.85. The second-order valence-electron chi connectivity index (χ2n) is 3.09. The molecule has 0 rings (SSSR count). The maximum Gasteiger partial charge on any atom is 0.0641 e. The Morgan fingerprint density at radius 3 is 2.09 bits per heavy atom. The Balaban J connectivity index is 4.30. The minimum atomic E-state index is 0.105. The van der Waals surface area contributed by atoms with Crippen LogP contribution in [-0.4, -0.2) is 23.4 Å². The molecule has 0 aliphatic heterocycles. The van der Waals surface area contributed by atoms with E-state index in [4.69, 9.17) is 10.2 Å². The minimum Gasteiger partial charge on any atom is -0.396 e. The molecule has 0 aliphatic rings. The van der Waals surface area contributed by atoms with Gasteiger partial charge in [0.25, 0.3) is 0 Å². The first-order chi connectivity index (χ1) is 5.13. The average Bonchev–Trinajstić information content (AvgIpc) is 1.98. The maximum atomic E-state index is 8.84. The summed E-state index contributed by atoms with van der Waals surface area (Å²) in [4.78, 5) is 0. The van der Waals surface area contributed by atoms with E-state index in [9.17, 15) is 0 Å². The van der Waals surface area contributed by atoms with E-state index in [2.05, 4.69) is 13.8 Å². The molecule has 0 heterocycles. The summed E-state index contributed by atoms with van der Waals surface area (Å²) in [5.41, 5.74) is 2.17. The summed E-state index contributed by atoms with van der Waals surface area (Å²) in [7, 11) is 0. The highest BCUT2D eigenvalue weighted by Gasteiger charge is 2.05. The van der Waals surface area contributed by atoms with Crippen molar-refractivity contribution in [2.45, 2.75) is 27.2 Å². The molecule has 0 aliphatic carbocycles. The zero-order valence-corrected chi connectivity index (χ0v) is 7.59. The summed E-state index contributed by atoms with van der Waals surface area (Å²) in [5, 5.41) is 17.6. The lowest BCUT2D eigenvalue weighted by molar-refractivity contribution is 0.291. The van der Waals surface area contributed by atoms with Crippen molar-refractivity contribution >= 4 is 0 Å². The van der Waals surface area contributed by atoms with Gasteiger partial charge in [-0.1, -0.05) is 19.4 Å². The largest absolute Gasteiger partial charge is 0.396 e. The molecule has 0 amide bonds. The van der Waals surface area contributed by atoms with Crippen molar-refractivity contribution < 1.29 is 10.2 Å². The van der Waals surface area contributed by atoms with Crippen molar-refractivity contribution in [3.63, 3.8) is 0 Å². The first-order valence-electron chi connectivity index (χ1n) is 4.03. The lowest BCUT2D eigenvalue weighted by atomic mass is 9.96. The van der Waals surface area contributed by atoms with E-state index in [-0.39, 0.29) is 13.2 Å². The van der Waals surface area contributed by atoms with Crippen molar-refractivity contribution in [1.82, 2.24) is 0 Å². The number of rotatable bonds is 4. The fraction of sp³-hybridized carbons (Fsp3) is 0.778. The molecular formula is C9H18O2. The number of aliphatic hydroxyl groups is 2. The third-order valence-corrected chi connectivity index (χ3v) is 1.86. The lowest BCUT2D eigenvalue weighted by Gasteiger charge is -2.13. The van der Waals surface area contributed by atoms with Crippen LogP contribution in [0.1, 0.15) is 27.2 Å². The predicted octanol–water partition coefficient (Wildman–Crippen LogP) is 1.33. The van der Waals surface area contributed by atoms with E-state index in [0.717, 1.165) is 5.57 Å². The van der Waals surface area contributed by atoms with E-state index in [1.165, 1.54) is 5.57 Å². The van der Waals surface area contributed by atoms with Crippen LogP contribution < -0.4 is 0 Å². The first-order valence-corrected chi connectivity index (χ1v) is 4.03. The summed E-state index contributed by atoms with van der Waals surface area (Å²) in [6.45, 7) is 6.33. The molecule has 0 saturated heterocycles. The molecule has 2 N–H and O–H groups in total. The fourth-order valence-electron chi connectivity index (χ4n) is 1.22. The Morgan fingerprint density at radius 1 is 1.27 bits per heavy atom. The smallest absolute Gasteiger partial charge is 0.0641 e. The molecule has 0 unspecified atom stereocenters. The van der Waals surface area contributed by atoms with Gasteiger partial charge in [-0.25, -0.2) is 0 Å². The molecule has 2 nitrogen and oxygen atoms in total. The molecule has 0 fully saturated rings. The van der Waals surface area contributed by atoms with Crippen molar-refractivity contribution in [1.29, 1.82) is 0 Å². The summed E-state index contributed by atoms with van der Waals surface area (Å²) >= 11 is 0. The molecule has 0 bridgehead atoms. The van der Waals surface area contributed by atoms with Gasteiger partial charge >= 0.3 is 0 Å². The van der Waals surface area contributed by atoms with Gasteiger partial charge in [0.05, 0.1) is 6.61 Å². The van der Waals surface area contributed by atoms with Crippen LogP contribution in [0.2, 0.25) is 0 Å². The molecular weight excluding hydrogens is 140 g/mol. The molecule has 0 saturated carbocycles. The molecule has 66 valence electrons. The van der Waals surface area contributed by atoms with E-state index in [1.807, 2.05) is 6.92 Å². The van der Waals surface area contributed by atoms with E-state index >= 15 is 0 Å². The quantitative estimate of drug-likeness (QED) is 0.606. The molecule has 0 atom stereocenters. The molecule has 2 heteroatoms. The van der Waals surface area contributed by atoms with Crippen LogP contribution in [0.15, 0.2) is 11.1 Å². The average molecular weight is 158 g/mol. The Hall–Kier alpha value is -0.340. The van der Waals surface area contributed by atoms with Gasteiger partial charge in [0.1, 0.15) is 0 Å².